The van der Waals surface area contributed by atoms with Crippen LogP contribution in [0.5, 0.6) is 5.75 Å². The highest BCUT2D eigenvalue weighted by molar-refractivity contribution is 5.96. The van der Waals surface area contributed by atoms with E-state index in [9.17, 15) is 14.7 Å². The Morgan fingerprint density at radius 1 is 0.968 bits per heavy atom. The summed E-state index contributed by atoms with van der Waals surface area (Å²) in [5.74, 6) is -0.963. The Bertz CT molecular complexity index is 1190. The minimum atomic E-state index is -0.660. The maximum Gasteiger partial charge on any atom is 0.280 e. The zero-order chi connectivity index (χ0) is 21.7. The molecule has 1 aromatic heterocycles. The first-order valence-electron chi connectivity index (χ1n) is 10.5. The SMILES string of the molecule is CC(C)N1CN(C2c3ccccc3CCc3ccccc32)n2ncc(=O)c(O)c2C1=O. The summed E-state index contributed by atoms with van der Waals surface area (Å²) in [4.78, 5) is 28.4. The molecule has 7 nitrogen and oxygen atoms in total. The number of carbonyl (C=O) groups is 1. The number of aryl methyl sites for hydroxylation is 2. The zero-order valence-electron chi connectivity index (χ0n) is 17.5. The van der Waals surface area contributed by atoms with Crippen molar-refractivity contribution in [3.63, 3.8) is 0 Å². The molecule has 0 unspecified atom stereocenters. The summed E-state index contributed by atoms with van der Waals surface area (Å²) in [5, 5.41) is 16.8. The molecule has 0 spiro atoms. The number of amides is 1. The third kappa shape index (κ3) is 3.00. The number of rotatable bonds is 2. The number of aromatic hydroxyl groups is 1. The molecule has 158 valence electrons. The van der Waals surface area contributed by atoms with Gasteiger partial charge in [-0.25, -0.2) is 0 Å². The van der Waals surface area contributed by atoms with Crippen molar-refractivity contribution in [2.24, 2.45) is 0 Å². The van der Waals surface area contributed by atoms with Crippen LogP contribution in [0.4, 0.5) is 0 Å². The van der Waals surface area contributed by atoms with E-state index in [1.165, 1.54) is 15.9 Å². The standard InChI is InChI=1S/C24H24N4O3/c1-15(2)26-14-27(28-22(24(26)31)23(30)20(29)13-25-28)21-18-9-5-3-7-16(18)11-12-17-8-4-6-10-19(17)21/h3-10,13,15,21,30H,11-12,14H2,1-2H3. The number of carbonyl (C=O) groups excluding carboxylic acids is 1. The van der Waals surface area contributed by atoms with Gasteiger partial charge in [0.15, 0.2) is 11.4 Å². The third-order valence-electron chi connectivity index (χ3n) is 6.23. The first kappa shape index (κ1) is 19.4. The maximum absolute atomic E-state index is 13.2. The van der Waals surface area contributed by atoms with Gasteiger partial charge in [0.05, 0.1) is 6.04 Å². The summed E-state index contributed by atoms with van der Waals surface area (Å²) in [6.45, 7) is 4.13. The van der Waals surface area contributed by atoms with Crippen molar-refractivity contribution in [3.8, 4) is 5.75 Å². The molecule has 0 saturated carbocycles. The summed E-state index contributed by atoms with van der Waals surface area (Å²) in [7, 11) is 0. The fourth-order valence-electron chi connectivity index (χ4n) is 4.64. The van der Waals surface area contributed by atoms with Crippen LogP contribution in [0.3, 0.4) is 0 Å². The fourth-order valence-corrected chi connectivity index (χ4v) is 4.64. The molecule has 0 fully saturated rings. The Morgan fingerprint density at radius 3 is 2.13 bits per heavy atom. The summed E-state index contributed by atoms with van der Waals surface area (Å²) >= 11 is 0. The number of hydrogen-bond acceptors (Lipinski definition) is 5. The number of fused-ring (bicyclic) bond motifs is 3. The monoisotopic (exact) mass is 416 g/mol. The molecule has 0 radical (unpaired) electrons. The molecule has 0 bridgehead atoms. The molecule has 1 aliphatic heterocycles. The fraction of sp³-hybridized carbons (Fsp3) is 0.292. The molecule has 7 heteroatoms. The second-order valence-corrected chi connectivity index (χ2v) is 8.35. The lowest BCUT2D eigenvalue weighted by Crippen LogP contribution is -2.58. The highest BCUT2D eigenvalue weighted by atomic mass is 16.3. The van der Waals surface area contributed by atoms with Gasteiger partial charge in [-0.15, -0.1) is 0 Å². The van der Waals surface area contributed by atoms with Gasteiger partial charge in [-0.3, -0.25) is 14.6 Å². The topological polar surface area (TPSA) is 78.7 Å². The number of aromatic nitrogens is 2. The van der Waals surface area contributed by atoms with Crippen molar-refractivity contribution >= 4 is 5.91 Å². The summed E-state index contributed by atoms with van der Waals surface area (Å²) in [5.41, 5.74) is 4.00. The largest absolute Gasteiger partial charge is 0.502 e. The molecular weight excluding hydrogens is 392 g/mol. The minimum absolute atomic E-state index is 0.0911. The van der Waals surface area contributed by atoms with E-state index >= 15 is 0 Å². The van der Waals surface area contributed by atoms with Crippen molar-refractivity contribution < 1.29 is 9.90 Å². The molecule has 1 aliphatic carbocycles. The lowest BCUT2D eigenvalue weighted by atomic mass is 9.94. The Balaban J connectivity index is 1.79. The molecule has 3 aromatic rings. The highest BCUT2D eigenvalue weighted by Gasteiger charge is 2.39. The highest BCUT2D eigenvalue weighted by Crippen LogP contribution is 2.37. The smallest absolute Gasteiger partial charge is 0.280 e. The molecule has 2 heterocycles. The second-order valence-electron chi connectivity index (χ2n) is 8.35. The van der Waals surface area contributed by atoms with Crippen molar-refractivity contribution in [3.05, 3.63) is 92.9 Å². The average Bonchev–Trinajstić information content (AvgIpc) is 2.93. The number of nitrogens with zero attached hydrogens (tertiary/aromatic N) is 4. The predicted octanol–water partition coefficient (Wildman–Crippen LogP) is 2.60. The van der Waals surface area contributed by atoms with Gasteiger partial charge < -0.3 is 10.0 Å². The van der Waals surface area contributed by atoms with Gasteiger partial charge in [-0.05, 0) is 48.9 Å². The van der Waals surface area contributed by atoms with Crippen molar-refractivity contribution in [2.75, 3.05) is 11.7 Å². The van der Waals surface area contributed by atoms with E-state index in [2.05, 4.69) is 29.4 Å². The quantitative estimate of drug-likeness (QED) is 0.695. The molecule has 31 heavy (non-hydrogen) atoms. The average molecular weight is 416 g/mol. The molecule has 0 atom stereocenters. The predicted molar refractivity (Wildman–Crippen MR) is 117 cm³/mol. The van der Waals surface area contributed by atoms with Crippen LogP contribution < -0.4 is 10.4 Å². The Morgan fingerprint density at radius 2 is 1.55 bits per heavy atom. The Labute approximate surface area is 180 Å². The van der Waals surface area contributed by atoms with E-state index in [1.54, 1.807) is 4.90 Å². The molecule has 2 aliphatic rings. The maximum atomic E-state index is 13.2. The molecule has 1 N–H and O–H groups in total. The number of hydrogen-bond donors (Lipinski definition) is 1. The lowest BCUT2D eigenvalue weighted by molar-refractivity contribution is 0.0608. The van der Waals surface area contributed by atoms with Crippen LogP contribution in [0.2, 0.25) is 0 Å². The first-order valence-corrected chi connectivity index (χ1v) is 10.5. The third-order valence-corrected chi connectivity index (χ3v) is 6.23. The van der Waals surface area contributed by atoms with Crippen molar-refractivity contribution in [1.82, 2.24) is 14.8 Å². The van der Waals surface area contributed by atoms with Crippen molar-refractivity contribution in [2.45, 2.75) is 38.8 Å². The van der Waals surface area contributed by atoms with E-state index in [4.69, 9.17) is 0 Å². The van der Waals surface area contributed by atoms with E-state index in [0.717, 1.165) is 30.2 Å². The van der Waals surface area contributed by atoms with Gasteiger partial charge >= 0.3 is 0 Å². The van der Waals surface area contributed by atoms with Gasteiger partial charge in [-0.2, -0.15) is 9.89 Å². The molecule has 2 aromatic carbocycles. The van der Waals surface area contributed by atoms with Crippen LogP contribution in [0.1, 0.15) is 52.6 Å². The Hall–Kier alpha value is -3.61. The molecular formula is C24H24N4O3. The second kappa shape index (κ2) is 7.27. The molecule has 5 rings (SSSR count). The van der Waals surface area contributed by atoms with Gasteiger partial charge in [0.2, 0.25) is 5.43 Å². The normalized spacial score (nSPS) is 16.0. The molecule has 1 amide bonds. The van der Waals surface area contributed by atoms with Gasteiger partial charge in [0.1, 0.15) is 12.9 Å². The summed E-state index contributed by atoms with van der Waals surface area (Å²) in [6.07, 6.45) is 2.90. The van der Waals surface area contributed by atoms with Crippen LogP contribution in [0.15, 0.2) is 59.5 Å². The van der Waals surface area contributed by atoms with Crippen LogP contribution in [-0.4, -0.2) is 38.5 Å². The van der Waals surface area contributed by atoms with Gasteiger partial charge in [-0.1, -0.05) is 48.5 Å². The Kier molecular flexibility index (Phi) is 4.54. The lowest BCUT2D eigenvalue weighted by Gasteiger charge is -2.44. The minimum Gasteiger partial charge on any atom is -0.502 e. The number of benzene rings is 2. The van der Waals surface area contributed by atoms with Gasteiger partial charge in [0.25, 0.3) is 5.91 Å². The summed E-state index contributed by atoms with van der Waals surface area (Å²) in [6, 6.07) is 16.3. The summed E-state index contributed by atoms with van der Waals surface area (Å²) < 4.78 is 0. The van der Waals surface area contributed by atoms with E-state index in [-0.39, 0.29) is 24.4 Å². The van der Waals surface area contributed by atoms with E-state index in [1.807, 2.05) is 43.1 Å². The zero-order valence-corrected chi connectivity index (χ0v) is 17.5. The van der Waals surface area contributed by atoms with Crippen molar-refractivity contribution in [1.29, 1.82) is 0 Å². The van der Waals surface area contributed by atoms with Crippen LogP contribution in [0.25, 0.3) is 0 Å². The van der Waals surface area contributed by atoms with Gasteiger partial charge in [0, 0.05) is 6.04 Å². The van der Waals surface area contributed by atoms with Crippen LogP contribution in [0, 0.1) is 0 Å². The van der Waals surface area contributed by atoms with E-state index < -0.39 is 17.1 Å². The van der Waals surface area contributed by atoms with Crippen LogP contribution in [-0.2, 0) is 12.8 Å². The molecule has 0 saturated heterocycles. The van der Waals surface area contributed by atoms with E-state index in [0.29, 0.717) is 0 Å². The van der Waals surface area contributed by atoms with Crippen LogP contribution >= 0.6 is 0 Å². The first-order chi connectivity index (χ1) is 15.0.